The van der Waals surface area contributed by atoms with Crippen LogP contribution < -0.4 is 10.1 Å². The number of aromatic hydroxyl groups is 1. The zero-order chi connectivity index (χ0) is 23.7. The van der Waals surface area contributed by atoms with Crippen LogP contribution in [0.2, 0.25) is 0 Å². The van der Waals surface area contributed by atoms with E-state index >= 15 is 0 Å². The number of carbonyl (C=O) groups is 1. The van der Waals surface area contributed by atoms with Crippen molar-refractivity contribution < 1.29 is 14.6 Å². The van der Waals surface area contributed by atoms with Crippen LogP contribution in [-0.4, -0.2) is 24.2 Å². The lowest BCUT2D eigenvalue weighted by molar-refractivity contribution is -0.123. The average molecular weight is 434 g/mol. The van der Waals surface area contributed by atoms with Crippen molar-refractivity contribution in [3.05, 3.63) is 95.1 Å². The molecule has 2 N–H and O–H groups in total. The summed E-state index contributed by atoms with van der Waals surface area (Å²) in [5.74, 6) is 1.14. The Morgan fingerprint density at radius 3 is 2.44 bits per heavy atom. The minimum absolute atomic E-state index is 0.0253. The van der Waals surface area contributed by atoms with E-state index in [1.807, 2.05) is 24.3 Å². The highest BCUT2D eigenvalue weighted by molar-refractivity contribution is 5.77. The molecule has 2 aromatic rings. The molecule has 0 saturated heterocycles. The number of aryl methyl sites for hydroxylation is 2. The number of amides is 1. The normalized spacial score (nSPS) is 11.3. The number of phenolic OH excluding ortho intramolecular Hbond substituents is 1. The van der Waals surface area contributed by atoms with Crippen LogP contribution in [0.15, 0.2) is 67.3 Å². The van der Waals surface area contributed by atoms with Crippen LogP contribution >= 0.6 is 0 Å². The van der Waals surface area contributed by atoms with Gasteiger partial charge in [0.15, 0.2) is 6.61 Å². The van der Waals surface area contributed by atoms with Gasteiger partial charge in [0, 0.05) is 6.54 Å². The van der Waals surface area contributed by atoms with Gasteiger partial charge >= 0.3 is 0 Å². The first-order valence-electron chi connectivity index (χ1n) is 11.0. The number of hydrogen-bond acceptors (Lipinski definition) is 3. The Labute approximate surface area is 192 Å². The van der Waals surface area contributed by atoms with E-state index in [0.717, 1.165) is 34.2 Å². The zero-order valence-electron chi connectivity index (χ0n) is 19.7. The van der Waals surface area contributed by atoms with Crippen molar-refractivity contribution in [1.29, 1.82) is 0 Å². The third kappa shape index (κ3) is 7.16. The second-order valence-electron chi connectivity index (χ2n) is 8.33. The van der Waals surface area contributed by atoms with E-state index < -0.39 is 0 Å². The Kier molecular flexibility index (Phi) is 9.33. The summed E-state index contributed by atoms with van der Waals surface area (Å²) in [6.45, 7) is 16.2. The van der Waals surface area contributed by atoms with Crippen LogP contribution in [0.4, 0.5) is 0 Å². The molecule has 0 atom stereocenters. The average Bonchev–Trinajstić information content (AvgIpc) is 2.75. The molecule has 0 aliphatic rings. The summed E-state index contributed by atoms with van der Waals surface area (Å²) < 4.78 is 5.74. The Morgan fingerprint density at radius 1 is 1.16 bits per heavy atom. The van der Waals surface area contributed by atoms with Gasteiger partial charge in [-0.25, -0.2) is 0 Å². The molecule has 0 unspecified atom stereocenters. The van der Waals surface area contributed by atoms with Gasteiger partial charge in [-0.15, -0.1) is 0 Å². The molecule has 0 radical (unpaired) electrons. The molecule has 0 saturated carbocycles. The van der Waals surface area contributed by atoms with Gasteiger partial charge in [0.05, 0.1) is 0 Å². The minimum Gasteiger partial charge on any atom is -0.508 e. The molecule has 0 aliphatic carbocycles. The molecule has 4 nitrogen and oxygen atoms in total. The van der Waals surface area contributed by atoms with Crippen molar-refractivity contribution in [3.63, 3.8) is 0 Å². The largest absolute Gasteiger partial charge is 0.508 e. The highest BCUT2D eigenvalue weighted by Crippen LogP contribution is 2.29. The SMILES string of the molecule is C=C/C=C(\C=C)CCNC(=O)COc1cc(C)c(Cc2ccc(O)c(C(C)C)c2)c(C)c1. The molecule has 0 spiro atoms. The minimum atomic E-state index is -0.156. The third-order valence-corrected chi connectivity index (χ3v) is 5.46. The monoisotopic (exact) mass is 433 g/mol. The van der Waals surface area contributed by atoms with Crippen LogP contribution in [0.3, 0.4) is 0 Å². The van der Waals surface area contributed by atoms with Crippen LogP contribution in [-0.2, 0) is 11.2 Å². The molecule has 2 aromatic carbocycles. The summed E-state index contributed by atoms with van der Waals surface area (Å²) >= 11 is 0. The number of carbonyl (C=O) groups excluding carboxylic acids is 1. The first-order chi connectivity index (χ1) is 15.2. The number of phenols is 1. The van der Waals surface area contributed by atoms with E-state index in [9.17, 15) is 9.90 Å². The fraction of sp³-hybridized carbons (Fsp3) is 0.321. The molecule has 0 aromatic heterocycles. The van der Waals surface area contributed by atoms with Crippen LogP contribution in [0.5, 0.6) is 11.5 Å². The number of ether oxygens (including phenoxy) is 1. The van der Waals surface area contributed by atoms with E-state index in [0.29, 0.717) is 24.5 Å². The van der Waals surface area contributed by atoms with Gasteiger partial charge < -0.3 is 15.2 Å². The summed E-state index contributed by atoms with van der Waals surface area (Å²) in [7, 11) is 0. The van der Waals surface area contributed by atoms with Crippen molar-refractivity contribution in [2.45, 2.75) is 46.5 Å². The van der Waals surface area contributed by atoms with Gasteiger partial charge in [-0.3, -0.25) is 4.79 Å². The summed E-state index contributed by atoms with van der Waals surface area (Å²) in [6, 6.07) is 9.77. The molecule has 4 heteroatoms. The number of nitrogens with one attached hydrogen (secondary N) is 1. The lowest BCUT2D eigenvalue weighted by Gasteiger charge is -2.15. The second kappa shape index (κ2) is 11.9. The fourth-order valence-electron chi connectivity index (χ4n) is 3.65. The van der Waals surface area contributed by atoms with Crippen molar-refractivity contribution >= 4 is 5.91 Å². The van der Waals surface area contributed by atoms with Gasteiger partial charge in [-0.2, -0.15) is 0 Å². The maximum absolute atomic E-state index is 12.1. The van der Waals surface area contributed by atoms with Gasteiger partial charge in [0.25, 0.3) is 5.91 Å². The van der Waals surface area contributed by atoms with E-state index in [4.69, 9.17) is 4.74 Å². The first kappa shape index (κ1) is 25.0. The number of allylic oxidation sites excluding steroid dienone is 3. The Hall–Kier alpha value is -3.27. The van der Waals surface area contributed by atoms with E-state index in [-0.39, 0.29) is 18.4 Å². The topological polar surface area (TPSA) is 58.6 Å². The van der Waals surface area contributed by atoms with Crippen molar-refractivity contribution in [3.8, 4) is 11.5 Å². The predicted octanol–water partition coefficient (Wildman–Crippen LogP) is 5.91. The van der Waals surface area contributed by atoms with Gasteiger partial charge in [0.1, 0.15) is 11.5 Å². The third-order valence-electron chi connectivity index (χ3n) is 5.46. The first-order valence-corrected chi connectivity index (χ1v) is 11.0. The second-order valence-corrected chi connectivity index (χ2v) is 8.33. The van der Waals surface area contributed by atoms with Crippen molar-refractivity contribution in [2.75, 3.05) is 13.2 Å². The van der Waals surface area contributed by atoms with Gasteiger partial charge in [0.2, 0.25) is 0 Å². The van der Waals surface area contributed by atoms with Gasteiger partial charge in [-0.05, 0) is 84.2 Å². The summed E-state index contributed by atoms with van der Waals surface area (Å²) in [5, 5.41) is 12.9. The number of benzene rings is 2. The molecule has 0 fully saturated rings. The van der Waals surface area contributed by atoms with Crippen LogP contribution in [0, 0.1) is 13.8 Å². The van der Waals surface area contributed by atoms with Crippen LogP contribution in [0.25, 0.3) is 0 Å². The molecule has 0 bridgehead atoms. The number of rotatable bonds is 11. The fourth-order valence-corrected chi connectivity index (χ4v) is 3.65. The standard InChI is InChI=1S/C28H35NO3/c1-7-9-22(8-2)12-13-29-28(31)18-32-24-14-20(5)26(21(6)15-24)17-23-10-11-27(30)25(16-23)19(3)4/h7-11,14-16,19,30H,1-2,12-13,17-18H2,3-6H3,(H,29,31)/b22-9+. The highest BCUT2D eigenvalue weighted by Gasteiger charge is 2.11. The van der Waals surface area contributed by atoms with E-state index in [2.05, 4.69) is 52.2 Å². The van der Waals surface area contributed by atoms with E-state index in [1.165, 1.54) is 5.56 Å². The maximum atomic E-state index is 12.1. The molecule has 32 heavy (non-hydrogen) atoms. The number of hydrogen-bond donors (Lipinski definition) is 2. The Morgan fingerprint density at radius 2 is 1.84 bits per heavy atom. The van der Waals surface area contributed by atoms with E-state index in [1.54, 1.807) is 18.2 Å². The Bertz CT molecular complexity index is 979. The summed E-state index contributed by atoms with van der Waals surface area (Å²) in [6.07, 6.45) is 6.83. The quantitative estimate of drug-likeness (QED) is 0.433. The Balaban J connectivity index is 1.98. The molecule has 170 valence electrons. The lowest BCUT2D eigenvalue weighted by Crippen LogP contribution is -2.29. The summed E-state index contributed by atoms with van der Waals surface area (Å²) in [4.78, 5) is 12.1. The molecular weight excluding hydrogens is 398 g/mol. The van der Waals surface area contributed by atoms with Gasteiger partial charge in [-0.1, -0.05) is 57.4 Å². The van der Waals surface area contributed by atoms with Crippen molar-refractivity contribution in [1.82, 2.24) is 5.32 Å². The molecule has 0 aliphatic heterocycles. The van der Waals surface area contributed by atoms with Crippen LogP contribution in [0.1, 0.15) is 54.0 Å². The van der Waals surface area contributed by atoms with Crippen molar-refractivity contribution in [2.24, 2.45) is 0 Å². The smallest absolute Gasteiger partial charge is 0.257 e. The maximum Gasteiger partial charge on any atom is 0.257 e. The summed E-state index contributed by atoms with van der Waals surface area (Å²) in [5.41, 5.74) is 6.61. The lowest BCUT2D eigenvalue weighted by atomic mass is 9.93. The zero-order valence-corrected chi connectivity index (χ0v) is 19.7. The molecular formula is C28H35NO3. The molecule has 1 amide bonds. The highest BCUT2D eigenvalue weighted by atomic mass is 16.5. The molecule has 0 heterocycles. The predicted molar refractivity (Wildman–Crippen MR) is 133 cm³/mol. The molecule has 2 rings (SSSR count).